The molecule has 0 spiro atoms. The summed E-state index contributed by atoms with van der Waals surface area (Å²) in [4.78, 5) is 37.5. The van der Waals surface area contributed by atoms with Crippen molar-refractivity contribution in [2.45, 2.75) is 58.5 Å². The maximum atomic E-state index is 13.8. The number of amides is 1. The Morgan fingerprint density at radius 2 is 1.95 bits per heavy atom. The van der Waals surface area contributed by atoms with E-state index in [9.17, 15) is 14.0 Å². The van der Waals surface area contributed by atoms with Crippen molar-refractivity contribution < 1.29 is 13.9 Å². The molecule has 1 N–H and O–H groups in total. The zero-order valence-corrected chi connectivity index (χ0v) is 22.1. The molecule has 1 amide bonds. The summed E-state index contributed by atoms with van der Waals surface area (Å²) in [7, 11) is 0. The zero-order valence-electron chi connectivity index (χ0n) is 21.3. The molecular formula is C27H33ClFN5O3. The number of carbonyl (C=O) groups is 1. The Kier molecular flexibility index (Phi) is 9.10. The molecule has 1 aromatic carbocycles. The normalized spacial score (nSPS) is 14.6. The van der Waals surface area contributed by atoms with Gasteiger partial charge in [-0.25, -0.2) is 14.4 Å². The minimum atomic E-state index is -0.589. The van der Waals surface area contributed by atoms with Gasteiger partial charge >= 0.3 is 0 Å². The van der Waals surface area contributed by atoms with Gasteiger partial charge in [0.15, 0.2) is 5.65 Å². The summed E-state index contributed by atoms with van der Waals surface area (Å²) < 4.78 is 20.9. The van der Waals surface area contributed by atoms with Gasteiger partial charge in [0.2, 0.25) is 5.91 Å². The summed E-state index contributed by atoms with van der Waals surface area (Å²) in [5, 5.41) is 2.91. The first-order valence-electron chi connectivity index (χ1n) is 12.8. The number of aromatic nitrogens is 3. The van der Waals surface area contributed by atoms with Crippen molar-refractivity contribution in [1.29, 1.82) is 0 Å². The molecule has 4 rings (SSSR count). The van der Waals surface area contributed by atoms with Gasteiger partial charge in [0.25, 0.3) is 5.56 Å². The molecule has 198 valence electrons. The van der Waals surface area contributed by atoms with Crippen molar-refractivity contribution in [2.24, 2.45) is 0 Å². The van der Waals surface area contributed by atoms with Crippen LogP contribution in [0.4, 0.5) is 4.39 Å². The average Bonchev–Trinajstić information content (AvgIpc) is 3.14. The van der Waals surface area contributed by atoms with Crippen LogP contribution >= 0.6 is 11.6 Å². The largest absolute Gasteiger partial charge is 0.492 e. The Labute approximate surface area is 220 Å². The fourth-order valence-corrected chi connectivity index (χ4v) is 4.70. The predicted octanol–water partition coefficient (Wildman–Crippen LogP) is 4.42. The molecule has 0 radical (unpaired) electrons. The molecular weight excluding hydrogens is 497 g/mol. The van der Waals surface area contributed by atoms with Gasteiger partial charge in [-0.15, -0.1) is 0 Å². The summed E-state index contributed by atoms with van der Waals surface area (Å²) >= 11 is 5.98. The number of fused-ring (bicyclic) bond motifs is 1. The van der Waals surface area contributed by atoms with Gasteiger partial charge in [-0.05, 0) is 70.5 Å². The van der Waals surface area contributed by atoms with Crippen LogP contribution < -0.4 is 15.6 Å². The third-order valence-electron chi connectivity index (χ3n) is 6.30. The minimum Gasteiger partial charge on any atom is -0.492 e. The van der Waals surface area contributed by atoms with Crippen molar-refractivity contribution in [1.82, 2.24) is 24.8 Å². The van der Waals surface area contributed by atoms with Crippen molar-refractivity contribution in [3.05, 3.63) is 51.7 Å². The van der Waals surface area contributed by atoms with Crippen LogP contribution in [0.25, 0.3) is 22.4 Å². The summed E-state index contributed by atoms with van der Waals surface area (Å²) in [5.41, 5.74) is 0.165. The first-order valence-corrected chi connectivity index (χ1v) is 13.2. The number of halogens is 2. The van der Waals surface area contributed by atoms with Crippen LogP contribution in [-0.4, -0.2) is 57.6 Å². The third-order valence-corrected chi connectivity index (χ3v) is 6.59. The lowest BCUT2D eigenvalue weighted by Crippen LogP contribution is -2.37. The second kappa shape index (κ2) is 12.5. The molecule has 37 heavy (non-hydrogen) atoms. The van der Waals surface area contributed by atoms with Gasteiger partial charge in [-0.3, -0.25) is 14.2 Å². The van der Waals surface area contributed by atoms with E-state index in [-0.39, 0.29) is 40.4 Å². The Balaban J connectivity index is 1.59. The van der Waals surface area contributed by atoms with Crippen LogP contribution in [0.2, 0.25) is 5.02 Å². The Morgan fingerprint density at radius 3 is 2.65 bits per heavy atom. The van der Waals surface area contributed by atoms with E-state index in [0.29, 0.717) is 17.9 Å². The number of nitrogens with zero attached hydrogens (tertiary/aromatic N) is 4. The van der Waals surface area contributed by atoms with Gasteiger partial charge in [0.05, 0.1) is 23.2 Å². The van der Waals surface area contributed by atoms with E-state index >= 15 is 0 Å². The molecule has 0 atom stereocenters. The number of benzene rings is 1. The van der Waals surface area contributed by atoms with Crippen LogP contribution in [0.3, 0.4) is 0 Å². The van der Waals surface area contributed by atoms with Crippen LogP contribution in [0.15, 0.2) is 35.3 Å². The SMILES string of the molecule is CC(C)NC(=O)Cn1c(-c2ccc(F)c(Cl)c2)nc2ncc(OCCCN3CCCCCC3)cc2c1=O. The number of ether oxygens (including phenoxy) is 1. The molecule has 3 heterocycles. The van der Waals surface area contributed by atoms with Crippen molar-refractivity contribution >= 4 is 28.5 Å². The highest BCUT2D eigenvalue weighted by Gasteiger charge is 2.18. The van der Waals surface area contributed by atoms with E-state index in [4.69, 9.17) is 16.3 Å². The van der Waals surface area contributed by atoms with Gasteiger partial charge in [-0.2, -0.15) is 0 Å². The lowest BCUT2D eigenvalue weighted by molar-refractivity contribution is -0.122. The fraction of sp³-hybridized carbons (Fsp3) is 0.481. The number of carbonyl (C=O) groups excluding carboxylic acids is 1. The maximum Gasteiger partial charge on any atom is 0.263 e. The van der Waals surface area contributed by atoms with Crippen LogP contribution in [0.1, 0.15) is 46.0 Å². The molecule has 8 nitrogen and oxygen atoms in total. The highest BCUT2D eigenvalue weighted by Crippen LogP contribution is 2.25. The predicted molar refractivity (Wildman–Crippen MR) is 143 cm³/mol. The molecule has 0 unspecified atom stereocenters. The lowest BCUT2D eigenvalue weighted by Gasteiger charge is -2.19. The molecule has 1 saturated heterocycles. The standard InChI is InChI=1S/C27H33ClFN5O3/c1-18(2)31-24(35)17-34-26(19-8-9-23(29)22(28)14-19)32-25-21(27(34)36)15-20(16-30-25)37-13-7-12-33-10-5-3-4-6-11-33/h8-9,14-16,18H,3-7,10-13,17H2,1-2H3,(H,31,35). The van der Waals surface area contributed by atoms with Gasteiger partial charge in [-0.1, -0.05) is 24.4 Å². The van der Waals surface area contributed by atoms with E-state index < -0.39 is 11.4 Å². The minimum absolute atomic E-state index is 0.101. The molecule has 0 aliphatic carbocycles. The number of rotatable bonds is 9. The Bertz CT molecular complexity index is 1310. The third kappa shape index (κ3) is 7.05. The molecule has 0 bridgehead atoms. The van der Waals surface area contributed by atoms with Crippen LogP contribution in [0.5, 0.6) is 5.75 Å². The number of hydrogen-bond donors (Lipinski definition) is 1. The number of pyridine rings is 1. The molecule has 1 aliphatic heterocycles. The highest BCUT2D eigenvalue weighted by molar-refractivity contribution is 6.31. The first kappa shape index (κ1) is 27.0. The van der Waals surface area contributed by atoms with E-state index in [0.717, 1.165) is 26.1 Å². The topological polar surface area (TPSA) is 89.3 Å². The summed E-state index contributed by atoms with van der Waals surface area (Å²) in [5.74, 6) is -0.287. The van der Waals surface area contributed by atoms with Crippen molar-refractivity contribution in [3.8, 4) is 17.1 Å². The van der Waals surface area contributed by atoms with Gasteiger partial charge in [0.1, 0.15) is 23.9 Å². The monoisotopic (exact) mass is 529 g/mol. The quantitative estimate of drug-likeness (QED) is 0.413. The second-order valence-electron chi connectivity index (χ2n) is 9.68. The molecule has 0 saturated carbocycles. The van der Waals surface area contributed by atoms with Gasteiger partial charge in [0, 0.05) is 18.2 Å². The van der Waals surface area contributed by atoms with E-state index in [2.05, 4.69) is 20.2 Å². The fourth-order valence-electron chi connectivity index (χ4n) is 4.52. The summed E-state index contributed by atoms with van der Waals surface area (Å²) in [6.45, 7) is 7.16. The van der Waals surface area contributed by atoms with Crippen molar-refractivity contribution in [3.63, 3.8) is 0 Å². The molecule has 3 aromatic rings. The van der Waals surface area contributed by atoms with Gasteiger partial charge < -0.3 is 15.0 Å². The summed E-state index contributed by atoms with van der Waals surface area (Å²) in [6.07, 6.45) is 7.51. The average molecular weight is 530 g/mol. The number of nitrogens with one attached hydrogen (secondary N) is 1. The first-order chi connectivity index (χ1) is 17.8. The van der Waals surface area contributed by atoms with E-state index in [1.165, 1.54) is 54.6 Å². The lowest BCUT2D eigenvalue weighted by atomic mass is 10.2. The second-order valence-corrected chi connectivity index (χ2v) is 10.1. The molecule has 10 heteroatoms. The zero-order chi connectivity index (χ0) is 26.4. The van der Waals surface area contributed by atoms with Crippen molar-refractivity contribution in [2.75, 3.05) is 26.2 Å². The maximum absolute atomic E-state index is 13.8. The number of hydrogen-bond acceptors (Lipinski definition) is 6. The smallest absolute Gasteiger partial charge is 0.263 e. The van der Waals surface area contributed by atoms with Crippen LogP contribution in [-0.2, 0) is 11.3 Å². The number of likely N-dealkylation sites (tertiary alicyclic amines) is 1. The highest BCUT2D eigenvalue weighted by atomic mass is 35.5. The molecule has 1 aliphatic rings. The molecule has 2 aromatic heterocycles. The van der Waals surface area contributed by atoms with Crippen LogP contribution in [0, 0.1) is 5.82 Å². The Hall–Kier alpha value is -3.04. The van der Waals surface area contributed by atoms with E-state index in [1.54, 1.807) is 6.07 Å². The Morgan fingerprint density at radius 1 is 1.19 bits per heavy atom. The van der Waals surface area contributed by atoms with E-state index in [1.807, 2.05) is 13.8 Å². The summed E-state index contributed by atoms with van der Waals surface area (Å²) in [6, 6.07) is 5.55. The molecule has 1 fully saturated rings.